The standard InChI is InChI=1S/C21H17F4NO4S2/c1-11(19(28)29)3-2-8-26-18(27)17(32-20(26)31)10-13-5-7-16(30-13)12-4-6-15(22)14(9-12)21(23,24)25/h4-7,9-11H,2-3,8H2,1H3,(H,28,29). The molecule has 0 radical (unpaired) electrons. The molecular formula is C21H17F4NO4S2. The van der Waals surface area contributed by atoms with Crippen LogP contribution in [0.3, 0.4) is 0 Å². The van der Waals surface area contributed by atoms with E-state index in [-0.39, 0.29) is 34.4 Å². The summed E-state index contributed by atoms with van der Waals surface area (Å²) in [6.07, 6.45) is -2.56. The Balaban J connectivity index is 1.73. The van der Waals surface area contributed by atoms with Crippen molar-refractivity contribution in [2.24, 2.45) is 5.92 Å². The molecule has 1 aliphatic heterocycles. The summed E-state index contributed by atoms with van der Waals surface area (Å²) in [5.74, 6) is -2.88. The van der Waals surface area contributed by atoms with Crippen molar-refractivity contribution < 1.29 is 36.7 Å². The molecule has 1 fully saturated rings. The number of benzene rings is 1. The summed E-state index contributed by atoms with van der Waals surface area (Å²) in [5.41, 5.74) is -1.36. The molecule has 0 spiro atoms. The molecule has 0 aliphatic carbocycles. The maximum absolute atomic E-state index is 13.5. The second kappa shape index (κ2) is 9.45. The number of amides is 1. The summed E-state index contributed by atoms with van der Waals surface area (Å²) < 4.78 is 58.2. The van der Waals surface area contributed by atoms with Crippen molar-refractivity contribution in [2.45, 2.75) is 25.9 Å². The average molecular weight is 487 g/mol. The molecule has 0 saturated carbocycles. The fourth-order valence-electron chi connectivity index (χ4n) is 2.98. The van der Waals surface area contributed by atoms with E-state index in [2.05, 4.69) is 0 Å². The molecule has 11 heteroatoms. The minimum Gasteiger partial charge on any atom is -0.481 e. The third-order valence-corrected chi connectivity index (χ3v) is 6.15. The second-order valence-corrected chi connectivity index (χ2v) is 8.79. The number of halogens is 4. The van der Waals surface area contributed by atoms with Crippen molar-refractivity contribution in [3.8, 4) is 11.3 Å². The van der Waals surface area contributed by atoms with Crippen LogP contribution >= 0.6 is 24.0 Å². The molecule has 1 atom stereocenters. The predicted octanol–water partition coefficient (Wildman–Crippen LogP) is 5.81. The van der Waals surface area contributed by atoms with Gasteiger partial charge in [-0.25, -0.2) is 4.39 Å². The molecule has 1 unspecified atom stereocenters. The Morgan fingerprint density at radius 3 is 2.69 bits per heavy atom. The third-order valence-electron chi connectivity index (χ3n) is 4.77. The van der Waals surface area contributed by atoms with Crippen molar-refractivity contribution >= 4 is 46.3 Å². The number of furan rings is 1. The number of aliphatic carboxylic acids is 1. The van der Waals surface area contributed by atoms with Crippen LogP contribution in [-0.4, -0.2) is 32.7 Å². The minimum absolute atomic E-state index is 0.0403. The van der Waals surface area contributed by atoms with Gasteiger partial charge < -0.3 is 9.52 Å². The van der Waals surface area contributed by atoms with Crippen LogP contribution < -0.4 is 0 Å². The van der Waals surface area contributed by atoms with E-state index in [9.17, 15) is 27.2 Å². The lowest BCUT2D eigenvalue weighted by Gasteiger charge is -2.15. The molecule has 1 aromatic heterocycles. The van der Waals surface area contributed by atoms with Gasteiger partial charge in [0, 0.05) is 18.2 Å². The van der Waals surface area contributed by atoms with Gasteiger partial charge in [-0.1, -0.05) is 30.9 Å². The van der Waals surface area contributed by atoms with E-state index in [0.29, 0.717) is 23.2 Å². The van der Waals surface area contributed by atoms with Crippen molar-refractivity contribution in [3.05, 3.63) is 52.4 Å². The smallest absolute Gasteiger partial charge is 0.419 e. The number of nitrogens with zero attached hydrogens (tertiary/aromatic N) is 1. The maximum atomic E-state index is 13.5. The summed E-state index contributed by atoms with van der Waals surface area (Å²) in [4.78, 5) is 25.2. The molecule has 1 aliphatic rings. The van der Waals surface area contributed by atoms with Gasteiger partial charge in [0.05, 0.1) is 16.4 Å². The highest BCUT2D eigenvalue weighted by Gasteiger charge is 2.35. The number of carbonyl (C=O) groups excluding carboxylic acids is 1. The molecule has 0 bridgehead atoms. The monoisotopic (exact) mass is 487 g/mol. The highest BCUT2D eigenvalue weighted by Crippen LogP contribution is 2.36. The number of thioether (sulfide) groups is 1. The normalized spacial score (nSPS) is 16.8. The number of rotatable bonds is 7. The Kier molecular flexibility index (Phi) is 7.09. The van der Waals surface area contributed by atoms with Crippen LogP contribution in [0.25, 0.3) is 17.4 Å². The first kappa shape index (κ1) is 24.0. The van der Waals surface area contributed by atoms with Gasteiger partial charge in [-0.05, 0) is 43.2 Å². The van der Waals surface area contributed by atoms with Gasteiger partial charge >= 0.3 is 12.1 Å². The van der Waals surface area contributed by atoms with Crippen molar-refractivity contribution in [1.29, 1.82) is 0 Å². The van der Waals surface area contributed by atoms with Crippen molar-refractivity contribution in [1.82, 2.24) is 4.90 Å². The Hall–Kier alpha value is -2.66. The Bertz CT molecular complexity index is 1090. The highest BCUT2D eigenvalue weighted by molar-refractivity contribution is 8.26. The first-order chi connectivity index (χ1) is 15.0. The molecule has 1 aromatic carbocycles. The van der Waals surface area contributed by atoms with Crippen molar-refractivity contribution in [3.63, 3.8) is 0 Å². The van der Waals surface area contributed by atoms with Crippen LogP contribution in [0.1, 0.15) is 31.1 Å². The summed E-state index contributed by atoms with van der Waals surface area (Å²) in [5, 5.41) is 8.93. The molecule has 2 aromatic rings. The van der Waals surface area contributed by atoms with E-state index in [1.807, 2.05) is 0 Å². The minimum atomic E-state index is -4.84. The molecule has 1 saturated heterocycles. The van der Waals surface area contributed by atoms with Crippen LogP contribution in [0.4, 0.5) is 17.6 Å². The van der Waals surface area contributed by atoms with Gasteiger partial charge in [0.25, 0.3) is 5.91 Å². The maximum Gasteiger partial charge on any atom is 0.419 e. The van der Waals surface area contributed by atoms with Gasteiger partial charge in [-0.15, -0.1) is 0 Å². The first-order valence-electron chi connectivity index (χ1n) is 9.42. The lowest BCUT2D eigenvalue weighted by Crippen LogP contribution is -2.29. The quantitative estimate of drug-likeness (QED) is 0.302. The van der Waals surface area contributed by atoms with Gasteiger partial charge in [-0.3, -0.25) is 14.5 Å². The lowest BCUT2D eigenvalue weighted by molar-refractivity contribution is -0.141. The van der Waals surface area contributed by atoms with Gasteiger partial charge in [-0.2, -0.15) is 13.2 Å². The first-order valence-corrected chi connectivity index (χ1v) is 10.6. The lowest BCUT2D eigenvalue weighted by atomic mass is 10.1. The summed E-state index contributed by atoms with van der Waals surface area (Å²) in [7, 11) is 0. The molecular weight excluding hydrogens is 470 g/mol. The van der Waals surface area contributed by atoms with Gasteiger partial charge in [0.1, 0.15) is 21.7 Å². The summed E-state index contributed by atoms with van der Waals surface area (Å²) >= 11 is 6.27. The zero-order chi connectivity index (χ0) is 23.6. The number of hydrogen-bond acceptors (Lipinski definition) is 5. The van der Waals surface area contributed by atoms with Crippen LogP contribution in [0, 0.1) is 11.7 Å². The average Bonchev–Trinajstić information content (AvgIpc) is 3.27. The summed E-state index contributed by atoms with van der Waals surface area (Å²) in [6, 6.07) is 5.46. The number of carboxylic acids is 1. The fourth-order valence-corrected chi connectivity index (χ4v) is 4.27. The van der Waals surface area contributed by atoms with Crippen LogP contribution in [0.5, 0.6) is 0 Å². The number of carbonyl (C=O) groups is 2. The van der Waals surface area contributed by atoms with E-state index >= 15 is 0 Å². The zero-order valence-electron chi connectivity index (χ0n) is 16.6. The number of alkyl halides is 3. The molecule has 1 N–H and O–H groups in total. The molecule has 32 heavy (non-hydrogen) atoms. The zero-order valence-corrected chi connectivity index (χ0v) is 18.2. The fraction of sp³-hybridized carbons (Fsp3) is 0.286. The van der Waals surface area contributed by atoms with Crippen LogP contribution in [0.2, 0.25) is 0 Å². The topological polar surface area (TPSA) is 70.8 Å². The van der Waals surface area contributed by atoms with E-state index < -0.39 is 29.4 Å². The van der Waals surface area contributed by atoms with E-state index in [1.54, 1.807) is 6.92 Å². The molecule has 5 nitrogen and oxygen atoms in total. The SMILES string of the molecule is CC(CCCN1C(=O)C(=Cc2ccc(-c3ccc(F)c(C(F)(F)F)c3)o2)SC1=S)C(=O)O. The van der Waals surface area contributed by atoms with Gasteiger partial charge in [0.15, 0.2) is 0 Å². The van der Waals surface area contributed by atoms with Gasteiger partial charge in [0.2, 0.25) is 0 Å². The van der Waals surface area contributed by atoms with Crippen molar-refractivity contribution in [2.75, 3.05) is 6.54 Å². The number of thiocarbonyl (C=S) groups is 1. The highest BCUT2D eigenvalue weighted by atomic mass is 32.2. The second-order valence-electron chi connectivity index (χ2n) is 7.11. The van der Waals surface area contributed by atoms with Crippen LogP contribution in [-0.2, 0) is 15.8 Å². The molecule has 2 heterocycles. The Labute approximate surface area is 190 Å². The number of hydrogen-bond donors (Lipinski definition) is 1. The largest absolute Gasteiger partial charge is 0.481 e. The van der Waals surface area contributed by atoms with E-state index in [0.717, 1.165) is 17.8 Å². The van der Waals surface area contributed by atoms with E-state index in [1.165, 1.54) is 29.2 Å². The predicted molar refractivity (Wildman–Crippen MR) is 115 cm³/mol. The molecule has 3 rings (SSSR count). The van der Waals surface area contributed by atoms with E-state index in [4.69, 9.17) is 21.7 Å². The Morgan fingerprint density at radius 2 is 2.03 bits per heavy atom. The third kappa shape index (κ3) is 5.39. The van der Waals surface area contributed by atoms with Crippen LogP contribution in [0.15, 0.2) is 39.7 Å². The molecule has 170 valence electrons. The Morgan fingerprint density at radius 1 is 1.31 bits per heavy atom. The summed E-state index contributed by atoms with van der Waals surface area (Å²) in [6.45, 7) is 1.86. The molecule has 1 amide bonds. The number of carboxylic acid groups (broad SMARTS) is 1.